The first-order chi connectivity index (χ1) is 22.0. The molecular formula is C36H48FN5O4. The number of amides is 1. The van der Waals surface area contributed by atoms with E-state index in [2.05, 4.69) is 19.8 Å². The summed E-state index contributed by atoms with van der Waals surface area (Å²) in [6.45, 7) is 13.7. The van der Waals surface area contributed by atoms with Gasteiger partial charge in [-0.3, -0.25) is 9.59 Å². The predicted octanol–water partition coefficient (Wildman–Crippen LogP) is 5.94. The fraction of sp³-hybridized carbons (Fsp3) is 0.667. The van der Waals surface area contributed by atoms with Gasteiger partial charge in [0.1, 0.15) is 17.9 Å². The van der Waals surface area contributed by atoms with Gasteiger partial charge in [-0.2, -0.15) is 0 Å². The van der Waals surface area contributed by atoms with Gasteiger partial charge in [-0.25, -0.2) is 14.4 Å². The summed E-state index contributed by atoms with van der Waals surface area (Å²) >= 11 is 0. The van der Waals surface area contributed by atoms with Crippen LogP contribution in [0, 0.1) is 34.4 Å². The number of benzene rings is 1. The van der Waals surface area contributed by atoms with Crippen molar-refractivity contribution in [1.29, 1.82) is 0 Å². The Morgan fingerprint density at radius 3 is 2.54 bits per heavy atom. The Balaban J connectivity index is 0.970. The SMILES string of the molecule is CC(C)N(C(=O)c1cc(F)ccc1Oc1cncnc1N1CC2(CCN(C[C@H]3CC4CC[C@@H]3CC43COC(=O)C3)CC2)C1)C(C)C. The lowest BCUT2D eigenvalue weighted by Gasteiger charge is -2.56. The Morgan fingerprint density at radius 2 is 1.89 bits per heavy atom. The van der Waals surface area contributed by atoms with Crippen LogP contribution in [0.5, 0.6) is 11.5 Å². The van der Waals surface area contributed by atoms with E-state index in [9.17, 15) is 14.0 Å². The molecule has 0 radical (unpaired) electrons. The molecule has 10 heteroatoms. The van der Waals surface area contributed by atoms with Gasteiger partial charge in [0.05, 0.1) is 24.8 Å². The Hall–Kier alpha value is -3.27. The van der Waals surface area contributed by atoms with E-state index in [-0.39, 0.29) is 40.4 Å². The zero-order valence-electron chi connectivity index (χ0n) is 27.7. The number of ether oxygens (including phenoxy) is 2. The summed E-state index contributed by atoms with van der Waals surface area (Å²) in [4.78, 5) is 41.0. The summed E-state index contributed by atoms with van der Waals surface area (Å²) in [6, 6.07) is 3.99. The lowest BCUT2D eigenvalue weighted by Crippen LogP contribution is -2.61. The molecular weight excluding hydrogens is 585 g/mol. The van der Waals surface area contributed by atoms with E-state index >= 15 is 0 Å². The highest BCUT2D eigenvalue weighted by atomic mass is 19.1. The van der Waals surface area contributed by atoms with Crippen LogP contribution >= 0.6 is 0 Å². The zero-order chi connectivity index (χ0) is 32.2. The van der Waals surface area contributed by atoms with Crippen LogP contribution in [0.1, 0.15) is 83.0 Å². The summed E-state index contributed by atoms with van der Waals surface area (Å²) in [5, 5.41) is 0. The van der Waals surface area contributed by atoms with Crippen LogP contribution in [0.4, 0.5) is 10.2 Å². The largest absolute Gasteiger partial charge is 0.465 e. The highest BCUT2D eigenvalue weighted by molar-refractivity contribution is 5.97. The van der Waals surface area contributed by atoms with E-state index < -0.39 is 5.82 Å². The van der Waals surface area contributed by atoms with E-state index in [1.807, 2.05) is 27.7 Å². The molecule has 4 atom stereocenters. The number of piperidine rings is 1. The third-order valence-electron chi connectivity index (χ3n) is 11.9. The highest BCUT2D eigenvalue weighted by Gasteiger charge is 2.55. The smallest absolute Gasteiger partial charge is 0.306 e. The van der Waals surface area contributed by atoms with Crippen molar-refractivity contribution in [3.63, 3.8) is 0 Å². The number of likely N-dealkylation sites (tertiary alicyclic amines) is 1. The van der Waals surface area contributed by atoms with E-state index in [1.165, 1.54) is 56.8 Å². The lowest BCUT2D eigenvalue weighted by atomic mass is 9.52. The number of rotatable bonds is 8. The maximum absolute atomic E-state index is 14.4. The molecule has 2 unspecified atom stereocenters. The number of hydrogen-bond acceptors (Lipinski definition) is 8. The second-order valence-electron chi connectivity index (χ2n) is 15.4. The van der Waals surface area contributed by atoms with Gasteiger partial charge in [-0.05, 0) is 115 Å². The van der Waals surface area contributed by atoms with Gasteiger partial charge >= 0.3 is 5.97 Å². The average molecular weight is 634 g/mol. The van der Waals surface area contributed by atoms with Gasteiger partial charge in [0.15, 0.2) is 11.6 Å². The number of hydrogen-bond donors (Lipinski definition) is 0. The van der Waals surface area contributed by atoms with E-state index in [1.54, 1.807) is 11.1 Å². The fourth-order valence-electron chi connectivity index (χ4n) is 9.54. The van der Waals surface area contributed by atoms with Gasteiger partial charge in [-0.1, -0.05) is 0 Å². The van der Waals surface area contributed by atoms with Crippen LogP contribution < -0.4 is 9.64 Å². The van der Waals surface area contributed by atoms with Crippen LogP contribution in [-0.2, 0) is 9.53 Å². The minimum atomic E-state index is -0.483. The summed E-state index contributed by atoms with van der Waals surface area (Å²) in [5.74, 6) is 2.84. The summed E-state index contributed by atoms with van der Waals surface area (Å²) in [6.07, 6.45) is 11.1. The first kappa shape index (κ1) is 31.3. The zero-order valence-corrected chi connectivity index (χ0v) is 27.7. The third kappa shape index (κ3) is 5.75. The molecule has 8 rings (SSSR count). The highest BCUT2D eigenvalue weighted by Crippen LogP contribution is 2.58. The third-order valence-corrected chi connectivity index (χ3v) is 11.9. The first-order valence-corrected chi connectivity index (χ1v) is 17.3. The number of carbonyl (C=O) groups is 2. The number of halogens is 1. The van der Waals surface area contributed by atoms with Crippen molar-refractivity contribution in [2.45, 2.75) is 84.7 Å². The molecule has 0 N–H and O–H groups in total. The quantitative estimate of drug-likeness (QED) is 0.330. The maximum atomic E-state index is 14.4. The number of cyclic esters (lactones) is 1. The molecule has 1 amide bonds. The molecule has 1 aromatic carbocycles. The Morgan fingerprint density at radius 1 is 1.13 bits per heavy atom. The van der Waals surface area contributed by atoms with Crippen molar-refractivity contribution in [1.82, 2.24) is 19.8 Å². The van der Waals surface area contributed by atoms with Crippen molar-refractivity contribution in [3.05, 3.63) is 42.1 Å². The van der Waals surface area contributed by atoms with Crippen molar-refractivity contribution >= 4 is 17.7 Å². The number of nitrogens with zero attached hydrogens (tertiary/aromatic N) is 5. The van der Waals surface area contributed by atoms with Crippen LogP contribution in [0.15, 0.2) is 30.7 Å². The second kappa shape index (κ2) is 12.1. The number of anilines is 1. The topological polar surface area (TPSA) is 88.1 Å². The van der Waals surface area contributed by atoms with Crippen molar-refractivity contribution in [2.24, 2.45) is 28.6 Å². The molecule has 2 aromatic rings. The molecule has 6 aliphatic rings. The Kier molecular flexibility index (Phi) is 8.22. The lowest BCUT2D eigenvalue weighted by molar-refractivity contribution is -0.137. The van der Waals surface area contributed by atoms with Crippen LogP contribution in [0.2, 0.25) is 0 Å². The predicted molar refractivity (Wildman–Crippen MR) is 172 cm³/mol. The standard InChI is InChI=1S/C36H48FN5O4/c1-23(2)42(24(3)4)34(44)29-14-28(37)7-8-30(29)46-31-17-38-22-39-33(31)41-19-35(20-41)9-11-40(12-10-35)18-26-13-27-6-5-25(26)15-36(27)16-32(43)45-21-36/h7-8,14,17,22-27H,5-6,9-13,15-16,18-21H2,1-4H3/t25-,26-,27?,36?/m1/s1. The van der Waals surface area contributed by atoms with Gasteiger partial charge in [0, 0.05) is 42.5 Å². The van der Waals surface area contributed by atoms with Crippen LogP contribution in [-0.4, -0.2) is 83.1 Å². The monoisotopic (exact) mass is 633 g/mol. The molecule has 4 heterocycles. The van der Waals surface area contributed by atoms with Gasteiger partial charge < -0.3 is 24.2 Å². The molecule has 6 fully saturated rings. The molecule has 9 nitrogen and oxygen atoms in total. The Bertz CT molecular complexity index is 1460. The summed E-state index contributed by atoms with van der Waals surface area (Å²) in [7, 11) is 0. The molecule has 3 saturated heterocycles. The Labute approximate surface area is 271 Å². The van der Waals surface area contributed by atoms with Crippen LogP contribution in [0.25, 0.3) is 0 Å². The second-order valence-corrected chi connectivity index (χ2v) is 15.4. The molecule has 3 aliphatic heterocycles. The van der Waals surface area contributed by atoms with Gasteiger partial charge in [0.25, 0.3) is 5.91 Å². The normalized spacial score (nSPS) is 28.6. The van der Waals surface area contributed by atoms with E-state index in [0.717, 1.165) is 50.9 Å². The molecule has 3 saturated carbocycles. The van der Waals surface area contributed by atoms with E-state index in [0.29, 0.717) is 36.3 Å². The number of aromatic nitrogens is 2. The van der Waals surface area contributed by atoms with Crippen molar-refractivity contribution in [3.8, 4) is 11.5 Å². The van der Waals surface area contributed by atoms with Crippen molar-refractivity contribution in [2.75, 3.05) is 44.2 Å². The minimum Gasteiger partial charge on any atom is -0.465 e. The van der Waals surface area contributed by atoms with Crippen molar-refractivity contribution < 1.29 is 23.5 Å². The first-order valence-electron chi connectivity index (χ1n) is 17.3. The summed E-state index contributed by atoms with van der Waals surface area (Å²) in [5.41, 5.74) is 0.593. The van der Waals surface area contributed by atoms with Gasteiger partial charge in [0.2, 0.25) is 0 Å². The molecule has 2 bridgehead atoms. The van der Waals surface area contributed by atoms with E-state index in [4.69, 9.17) is 9.47 Å². The molecule has 46 heavy (non-hydrogen) atoms. The molecule has 3 aliphatic carbocycles. The summed E-state index contributed by atoms with van der Waals surface area (Å²) < 4.78 is 26.1. The minimum absolute atomic E-state index is 0.00976. The van der Waals surface area contributed by atoms with Crippen LogP contribution in [0.3, 0.4) is 0 Å². The molecule has 1 aromatic heterocycles. The molecule has 2 spiro atoms. The number of carbonyl (C=O) groups excluding carboxylic acids is 2. The fourth-order valence-corrected chi connectivity index (χ4v) is 9.54. The average Bonchev–Trinajstić information content (AvgIpc) is 3.37. The van der Waals surface area contributed by atoms with Gasteiger partial charge in [-0.15, -0.1) is 0 Å². The number of fused-ring (bicyclic) bond motifs is 2. The number of esters is 1. The maximum Gasteiger partial charge on any atom is 0.306 e. The molecule has 248 valence electrons.